The van der Waals surface area contributed by atoms with Crippen LogP contribution in [0.5, 0.6) is 11.5 Å². The summed E-state index contributed by atoms with van der Waals surface area (Å²) in [6, 6.07) is 5.58. The zero-order valence-electron chi connectivity index (χ0n) is 15.0. The molecule has 25 heavy (non-hydrogen) atoms. The van der Waals surface area contributed by atoms with Gasteiger partial charge in [0.25, 0.3) is 0 Å². The van der Waals surface area contributed by atoms with Crippen LogP contribution in [0.2, 0.25) is 0 Å². The van der Waals surface area contributed by atoms with Crippen molar-refractivity contribution >= 4 is 5.91 Å². The summed E-state index contributed by atoms with van der Waals surface area (Å²) in [5.74, 6) is 1.18. The number of rotatable bonds is 5. The Morgan fingerprint density at radius 3 is 2.80 bits per heavy atom. The van der Waals surface area contributed by atoms with Crippen molar-refractivity contribution in [3.63, 3.8) is 0 Å². The van der Waals surface area contributed by atoms with E-state index in [1.54, 1.807) is 14.2 Å². The zero-order chi connectivity index (χ0) is 18.0. The van der Waals surface area contributed by atoms with Crippen molar-refractivity contribution in [3.8, 4) is 11.5 Å². The Hall–Kier alpha value is -1.79. The van der Waals surface area contributed by atoms with Crippen molar-refractivity contribution in [1.29, 1.82) is 0 Å². The molecule has 1 amide bonds. The topological polar surface area (TPSA) is 85.0 Å². The van der Waals surface area contributed by atoms with E-state index in [0.717, 1.165) is 42.7 Å². The smallest absolute Gasteiger partial charge is 0.231 e. The first-order valence-electron chi connectivity index (χ1n) is 8.95. The van der Waals surface area contributed by atoms with Crippen LogP contribution in [0, 0.1) is 5.92 Å². The van der Waals surface area contributed by atoms with Crippen LogP contribution < -0.4 is 15.2 Å². The minimum atomic E-state index is -0.689. The standard InChI is InChI=1S/C19H28N2O4/c1-24-13-6-7-16(25-2)14(11-13)18-15-5-3-4-8-19(15,23)9-10-21(18)12-17(20)22/h6-7,11,15,18,23H,3-5,8-10,12H2,1-2H3,(H2,20,22)/t15-,18+,19+/m1/s1. The summed E-state index contributed by atoms with van der Waals surface area (Å²) in [5.41, 5.74) is 5.75. The Kier molecular flexibility index (Phi) is 5.20. The number of ether oxygens (including phenoxy) is 2. The number of nitrogens with two attached hydrogens (primary N) is 1. The van der Waals surface area contributed by atoms with Crippen LogP contribution in [0.3, 0.4) is 0 Å². The molecule has 1 saturated carbocycles. The molecule has 1 aromatic rings. The fourth-order valence-corrected chi connectivity index (χ4v) is 4.60. The summed E-state index contributed by atoms with van der Waals surface area (Å²) in [6.45, 7) is 0.818. The predicted molar refractivity (Wildman–Crippen MR) is 94.6 cm³/mol. The van der Waals surface area contributed by atoms with Crippen LogP contribution in [0.4, 0.5) is 0 Å². The number of hydrogen-bond donors (Lipinski definition) is 2. The first kappa shape index (κ1) is 18.0. The number of carbonyl (C=O) groups is 1. The van der Waals surface area contributed by atoms with Gasteiger partial charge in [-0.3, -0.25) is 9.69 Å². The molecule has 1 saturated heterocycles. The molecule has 0 aromatic heterocycles. The third-order valence-electron chi connectivity index (χ3n) is 5.79. The van der Waals surface area contributed by atoms with Crippen molar-refractivity contribution in [1.82, 2.24) is 4.90 Å². The van der Waals surface area contributed by atoms with Gasteiger partial charge >= 0.3 is 0 Å². The normalized spacial score (nSPS) is 29.7. The molecule has 1 heterocycles. The van der Waals surface area contributed by atoms with Gasteiger partial charge in [-0.05, 0) is 37.5 Å². The molecule has 0 unspecified atom stereocenters. The lowest BCUT2D eigenvalue weighted by molar-refractivity contribution is -0.136. The molecule has 1 aromatic carbocycles. The van der Waals surface area contributed by atoms with Crippen LogP contribution in [0.25, 0.3) is 0 Å². The number of likely N-dealkylation sites (tertiary alicyclic amines) is 1. The Bertz CT molecular complexity index is 636. The Morgan fingerprint density at radius 2 is 2.12 bits per heavy atom. The molecule has 2 fully saturated rings. The van der Waals surface area contributed by atoms with Crippen LogP contribution >= 0.6 is 0 Å². The van der Waals surface area contributed by atoms with Gasteiger partial charge in [-0.25, -0.2) is 0 Å². The van der Waals surface area contributed by atoms with Crippen LogP contribution in [-0.4, -0.2) is 48.8 Å². The molecule has 1 aliphatic carbocycles. The van der Waals surface area contributed by atoms with E-state index in [2.05, 4.69) is 4.90 Å². The summed E-state index contributed by atoms with van der Waals surface area (Å²) in [4.78, 5) is 13.7. The minimum Gasteiger partial charge on any atom is -0.497 e. The molecule has 2 aliphatic rings. The Labute approximate surface area is 148 Å². The highest BCUT2D eigenvalue weighted by Crippen LogP contribution is 2.51. The molecule has 0 radical (unpaired) electrons. The van der Waals surface area contributed by atoms with Gasteiger partial charge in [0.05, 0.1) is 26.4 Å². The highest BCUT2D eigenvalue weighted by Gasteiger charge is 2.49. The molecule has 3 N–H and O–H groups in total. The number of amides is 1. The summed E-state index contributed by atoms with van der Waals surface area (Å²) in [7, 11) is 3.27. The van der Waals surface area contributed by atoms with Crippen molar-refractivity contribution in [2.75, 3.05) is 27.3 Å². The van der Waals surface area contributed by atoms with Crippen LogP contribution in [-0.2, 0) is 4.79 Å². The number of benzene rings is 1. The second-order valence-electron chi connectivity index (χ2n) is 7.20. The average Bonchev–Trinajstić information content (AvgIpc) is 2.60. The lowest BCUT2D eigenvalue weighted by atomic mass is 9.66. The van der Waals surface area contributed by atoms with Gasteiger partial charge < -0.3 is 20.3 Å². The fourth-order valence-electron chi connectivity index (χ4n) is 4.60. The van der Waals surface area contributed by atoms with E-state index < -0.39 is 5.60 Å². The third-order valence-corrected chi connectivity index (χ3v) is 5.79. The predicted octanol–water partition coefficient (Wildman–Crippen LogP) is 1.86. The number of fused-ring (bicyclic) bond motifs is 1. The van der Waals surface area contributed by atoms with E-state index >= 15 is 0 Å². The Balaban J connectivity index is 2.07. The number of piperidine rings is 1. The summed E-state index contributed by atoms with van der Waals surface area (Å²) >= 11 is 0. The van der Waals surface area contributed by atoms with E-state index in [1.165, 1.54) is 0 Å². The molecule has 1 aliphatic heterocycles. The largest absolute Gasteiger partial charge is 0.497 e. The van der Waals surface area contributed by atoms with E-state index in [9.17, 15) is 9.90 Å². The average molecular weight is 348 g/mol. The van der Waals surface area contributed by atoms with Crippen molar-refractivity contribution in [3.05, 3.63) is 23.8 Å². The summed E-state index contributed by atoms with van der Waals surface area (Å²) in [6.07, 6.45) is 4.54. The molecule has 3 rings (SSSR count). The van der Waals surface area contributed by atoms with Crippen molar-refractivity contribution in [2.45, 2.75) is 43.7 Å². The first-order chi connectivity index (χ1) is 12.0. The molecule has 0 spiro atoms. The van der Waals surface area contributed by atoms with Crippen molar-refractivity contribution < 1.29 is 19.4 Å². The minimum absolute atomic E-state index is 0.0513. The van der Waals surface area contributed by atoms with E-state index in [-0.39, 0.29) is 24.4 Å². The SMILES string of the molecule is COc1ccc(OC)c([C@H]2[C@H]3CCCC[C@]3(O)CCN2CC(N)=O)c1. The maximum Gasteiger partial charge on any atom is 0.231 e. The third kappa shape index (κ3) is 3.46. The molecule has 6 heteroatoms. The summed E-state index contributed by atoms with van der Waals surface area (Å²) in [5, 5.41) is 11.2. The van der Waals surface area contributed by atoms with Crippen molar-refractivity contribution in [2.24, 2.45) is 11.7 Å². The quantitative estimate of drug-likeness (QED) is 0.848. The monoisotopic (exact) mass is 348 g/mol. The number of methoxy groups -OCH3 is 2. The van der Waals surface area contributed by atoms with Crippen LogP contribution in [0.15, 0.2) is 18.2 Å². The van der Waals surface area contributed by atoms with Gasteiger partial charge in [0.2, 0.25) is 5.91 Å². The number of carbonyl (C=O) groups excluding carboxylic acids is 1. The van der Waals surface area contributed by atoms with Gasteiger partial charge in [-0.2, -0.15) is 0 Å². The maximum atomic E-state index is 11.6. The molecule has 0 bridgehead atoms. The molecular formula is C19H28N2O4. The van der Waals surface area contributed by atoms with E-state index in [0.29, 0.717) is 13.0 Å². The van der Waals surface area contributed by atoms with Crippen LogP contribution in [0.1, 0.15) is 43.7 Å². The first-order valence-corrected chi connectivity index (χ1v) is 8.95. The second-order valence-corrected chi connectivity index (χ2v) is 7.20. The summed E-state index contributed by atoms with van der Waals surface area (Å²) < 4.78 is 11.0. The molecule has 138 valence electrons. The lowest BCUT2D eigenvalue weighted by Crippen LogP contribution is -2.56. The zero-order valence-corrected chi connectivity index (χ0v) is 15.0. The number of primary amides is 1. The fraction of sp³-hybridized carbons (Fsp3) is 0.632. The lowest BCUT2D eigenvalue weighted by Gasteiger charge is -2.52. The number of nitrogens with zero attached hydrogens (tertiary/aromatic N) is 1. The van der Waals surface area contributed by atoms with Gasteiger partial charge in [-0.1, -0.05) is 12.8 Å². The van der Waals surface area contributed by atoms with Gasteiger partial charge in [0, 0.05) is 24.1 Å². The van der Waals surface area contributed by atoms with Gasteiger partial charge in [-0.15, -0.1) is 0 Å². The van der Waals surface area contributed by atoms with E-state index in [4.69, 9.17) is 15.2 Å². The molecule has 6 nitrogen and oxygen atoms in total. The highest BCUT2D eigenvalue weighted by atomic mass is 16.5. The van der Waals surface area contributed by atoms with Gasteiger partial charge in [0.1, 0.15) is 11.5 Å². The second kappa shape index (κ2) is 7.22. The van der Waals surface area contributed by atoms with E-state index in [1.807, 2.05) is 18.2 Å². The number of hydrogen-bond acceptors (Lipinski definition) is 5. The molecule has 3 atom stereocenters. The highest BCUT2D eigenvalue weighted by molar-refractivity contribution is 5.76. The maximum absolute atomic E-state index is 11.6. The van der Waals surface area contributed by atoms with Gasteiger partial charge in [0.15, 0.2) is 0 Å². The molecular weight excluding hydrogens is 320 g/mol. The Morgan fingerprint density at radius 1 is 1.32 bits per heavy atom. The number of aliphatic hydroxyl groups is 1.